The fourth-order valence-corrected chi connectivity index (χ4v) is 2.09. The molecule has 2 aromatic rings. The summed E-state index contributed by atoms with van der Waals surface area (Å²) in [6.07, 6.45) is 0. The van der Waals surface area contributed by atoms with Gasteiger partial charge in [-0.25, -0.2) is 9.18 Å². The molecule has 0 spiro atoms. The van der Waals surface area contributed by atoms with E-state index in [1.807, 2.05) is 13.8 Å². The summed E-state index contributed by atoms with van der Waals surface area (Å²) in [4.78, 5) is 10.8. The summed E-state index contributed by atoms with van der Waals surface area (Å²) < 4.78 is 13.6. The summed E-state index contributed by atoms with van der Waals surface area (Å²) in [5.74, 6) is -1.95. The van der Waals surface area contributed by atoms with Gasteiger partial charge in [0.2, 0.25) is 0 Å². The largest absolute Gasteiger partial charge is 0.478 e. The zero-order chi connectivity index (χ0) is 15.4. The number of hydrogen-bond acceptors (Lipinski definition) is 2. The maximum atomic E-state index is 13.6. The molecule has 0 fully saturated rings. The fraction of sp³-hybridized carbons (Fsp3) is 0.235. The normalized spacial score (nSPS) is 12.1. The Morgan fingerprint density at radius 3 is 2.48 bits per heavy atom. The van der Waals surface area contributed by atoms with Gasteiger partial charge in [0, 0.05) is 12.6 Å². The Morgan fingerprint density at radius 1 is 1.24 bits per heavy atom. The smallest absolute Gasteiger partial charge is 0.338 e. The zero-order valence-electron chi connectivity index (χ0n) is 12.1. The van der Waals surface area contributed by atoms with Crippen LogP contribution in [-0.4, -0.2) is 11.1 Å². The van der Waals surface area contributed by atoms with Crippen LogP contribution < -0.4 is 5.32 Å². The number of benzene rings is 2. The number of carbonyl (C=O) groups is 1. The van der Waals surface area contributed by atoms with Crippen molar-refractivity contribution in [1.82, 2.24) is 5.32 Å². The molecule has 3 nitrogen and oxygen atoms in total. The Morgan fingerprint density at radius 2 is 1.90 bits per heavy atom. The first kappa shape index (κ1) is 15.2. The number of hydrogen-bond donors (Lipinski definition) is 2. The number of carboxylic acid groups (broad SMARTS) is 1. The van der Waals surface area contributed by atoms with Crippen molar-refractivity contribution in [2.45, 2.75) is 26.4 Å². The molecule has 2 N–H and O–H groups in total. The van der Waals surface area contributed by atoms with Crippen LogP contribution >= 0.6 is 0 Å². The van der Waals surface area contributed by atoms with E-state index < -0.39 is 11.8 Å². The van der Waals surface area contributed by atoms with E-state index in [2.05, 4.69) is 29.6 Å². The molecule has 0 bridgehead atoms. The van der Waals surface area contributed by atoms with Gasteiger partial charge in [-0.3, -0.25) is 0 Å². The van der Waals surface area contributed by atoms with E-state index in [9.17, 15) is 9.18 Å². The number of aryl methyl sites for hydroxylation is 1. The van der Waals surface area contributed by atoms with E-state index in [1.54, 1.807) is 6.07 Å². The summed E-state index contributed by atoms with van der Waals surface area (Å²) in [6.45, 7) is 4.55. The van der Waals surface area contributed by atoms with Gasteiger partial charge in [-0.05, 0) is 37.1 Å². The van der Waals surface area contributed by atoms with E-state index in [4.69, 9.17) is 5.11 Å². The number of carboxylic acids is 1. The van der Waals surface area contributed by atoms with E-state index in [0.717, 1.165) is 11.1 Å². The van der Waals surface area contributed by atoms with Crippen LogP contribution in [0, 0.1) is 12.7 Å². The molecule has 0 aliphatic heterocycles. The average molecular weight is 287 g/mol. The average Bonchev–Trinajstić information content (AvgIpc) is 2.45. The predicted octanol–water partition coefficient (Wildman–Crippen LogP) is 3.68. The summed E-state index contributed by atoms with van der Waals surface area (Å²) >= 11 is 0. The molecule has 2 aromatic carbocycles. The molecule has 0 aliphatic rings. The molecular weight excluding hydrogens is 269 g/mol. The molecule has 0 saturated carbocycles. The van der Waals surface area contributed by atoms with Crippen molar-refractivity contribution in [2.75, 3.05) is 0 Å². The third kappa shape index (κ3) is 3.89. The predicted molar refractivity (Wildman–Crippen MR) is 79.8 cm³/mol. The quantitative estimate of drug-likeness (QED) is 0.882. The van der Waals surface area contributed by atoms with Crippen molar-refractivity contribution in [2.24, 2.45) is 0 Å². The minimum absolute atomic E-state index is 0.132. The Balaban J connectivity index is 2.01. The molecule has 4 heteroatoms. The van der Waals surface area contributed by atoms with Gasteiger partial charge in [0.25, 0.3) is 0 Å². The van der Waals surface area contributed by atoms with Gasteiger partial charge >= 0.3 is 5.97 Å². The van der Waals surface area contributed by atoms with Crippen LogP contribution in [0.25, 0.3) is 0 Å². The molecule has 2 rings (SSSR count). The second-order valence-corrected chi connectivity index (χ2v) is 5.13. The molecule has 1 atom stereocenters. The summed E-state index contributed by atoms with van der Waals surface area (Å²) in [5, 5.41) is 12.1. The van der Waals surface area contributed by atoms with Crippen molar-refractivity contribution < 1.29 is 14.3 Å². The van der Waals surface area contributed by atoms with Gasteiger partial charge in [-0.2, -0.15) is 0 Å². The highest BCUT2D eigenvalue weighted by atomic mass is 19.1. The maximum absolute atomic E-state index is 13.6. The molecule has 0 aliphatic carbocycles. The zero-order valence-corrected chi connectivity index (χ0v) is 12.1. The standard InChI is InChI=1S/C17H18FNO2/c1-11-3-6-14(7-4-11)12(2)19-10-13-5-8-15(17(20)21)16(18)9-13/h3-9,12,19H,10H2,1-2H3,(H,20,21)/t12-/m0/s1. The number of nitrogens with one attached hydrogen (secondary N) is 1. The van der Waals surface area contributed by atoms with Crippen LogP contribution in [-0.2, 0) is 6.54 Å². The minimum Gasteiger partial charge on any atom is -0.478 e. The molecular formula is C17H18FNO2. The Bertz CT molecular complexity index is 638. The van der Waals surface area contributed by atoms with Gasteiger partial charge in [0.15, 0.2) is 0 Å². The molecule has 0 radical (unpaired) electrons. The minimum atomic E-state index is -1.25. The van der Waals surface area contributed by atoms with Gasteiger partial charge < -0.3 is 10.4 Å². The highest BCUT2D eigenvalue weighted by Crippen LogP contribution is 2.15. The second-order valence-electron chi connectivity index (χ2n) is 5.13. The van der Waals surface area contributed by atoms with Crippen LogP contribution in [0.4, 0.5) is 4.39 Å². The lowest BCUT2D eigenvalue weighted by atomic mass is 10.1. The number of rotatable bonds is 5. The first-order valence-electron chi connectivity index (χ1n) is 6.79. The highest BCUT2D eigenvalue weighted by Gasteiger charge is 2.11. The van der Waals surface area contributed by atoms with E-state index >= 15 is 0 Å². The van der Waals surface area contributed by atoms with Crippen LogP contribution in [0.2, 0.25) is 0 Å². The Hall–Kier alpha value is -2.20. The maximum Gasteiger partial charge on any atom is 0.338 e. The monoisotopic (exact) mass is 287 g/mol. The van der Waals surface area contributed by atoms with Gasteiger partial charge in [0.05, 0.1) is 5.56 Å². The Labute approximate surface area is 123 Å². The van der Waals surface area contributed by atoms with Crippen LogP contribution in [0.3, 0.4) is 0 Å². The molecule has 0 unspecified atom stereocenters. The van der Waals surface area contributed by atoms with Crippen LogP contribution in [0.1, 0.15) is 40.0 Å². The van der Waals surface area contributed by atoms with Gasteiger partial charge in [0.1, 0.15) is 5.82 Å². The Kier molecular flexibility index (Phi) is 4.70. The third-order valence-electron chi connectivity index (χ3n) is 3.45. The third-order valence-corrected chi connectivity index (χ3v) is 3.45. The van der Waals surface area contributed by atoms with Crippen LogP contribution in [0.5, 0.6) is 0 Å². The van der Waals surface area contributed by atoms with E-state index in [-0.39, 0.29) is 11.6 Å². The van der Waals surface area contributed by atoms with Crippen LogP contribution in [0.15, 0.2) is 42.5 Å². The number of aromatic carboxylic acids is 1. The second kappa shape index (κ2) is 6.50. The lowest BCUT2D eigenvalue weighted by Gasteiger charge is -2.15. The van der Waals surface area contributed by atoms with Crippen molar-refractivity contribution in [3.8, 4) is 0 Å². The lowest BCUT2D eigenvalue weighted by Crippen LogP contribution is -2.18. The first-order valence-corrected chi connectivity index (χ1v) is 6.79. The molecule has 21 heavy (non-hydrogen) atoms. The van der Waals surface area contributed by atoms with Crippen molar-refractivity contribution in [3.63, 3.8) is 0 Å². The fourth-order valence-electron chi connectivity index (χ4n) is 2.09. The number of halogens is 1. The summed E-state index contributed by atoms with van der Waals surface area (Å²) in [6, 6.07) is 12.5. The van der Waals surface area contributed by atoms with Crippen molar-refractivity contribution in [1.29, 1.82) is 0 Å². The van der Waals surface area contributed by atoms with E-state index in [1.165, 1.54) is 17.7 Å². The first-order chi connectivity index (χ1) is 9.97. The topological polar surface area (TPSA) is 49.3 Å². The summed E-state index contributed by atoms with van der Waals surface area (Å²) in [7, 11) is 0. The van der Waals surface area contributed by atoms with Gasteiger partial charge in [-0.15, -0.1) is 0 Å². The molecule has 110 valence electrons. The molecule has 0 saturated heterocycles. The molecule has 0 aromatic heterocycles. The van der Waals surface area contributed by atoms with E-state index in [0.29, 0.717) is 6.54 Å². The molecule has 0 amide bonds. The molecule has 0 heterocycles. The SMILES string of the molecule is Cc1ccc([C@H](C)NCc2ccc(C(=O)O)c(F)c2)cc1. The van der Waals surface area contributed by atoms with Crippen molar-refractivity contribution >= 4 is 5.97 Å². The van der Waals surface area contributed by atoms with Crippen molar-refractivity contribution in [3.05, 3.63) is 70.5 Å². The van der Waals surface area contributed by atoms with Gasteiger partial charge in [-0.1, -0.05) is 35.9 Å². The lowest BCUT2D eigenvalue weighted by molar-refractivity contribution is 0.0692. The highest BCUT2D eigenvalue weighted by molar-refractivity contribution is 5.87. The summed E-state index contributed by atoms with van der Waals surface area (Å²) in [5.41, 5.74) is 2.78.